The molecule has 0 aliphatic carbocycles. The van der Waals surface area contributed by atoms with Crippen LogP contribution < -0.4 is 5.32 Å². The van der Waals surface area contributed by atoms with Crippen LogP contribution in [-0.2, 0) is 21.8 Å². The molecule has 4 atom stereocenters. The SMILES string of the molecule is CC1OC2(c3ccccc3)NC1C(=O)N(Cc1ccccc1)C2C(=O)c1ccccc1. The molecule has 2 bridgehead atoms. The molecule has 5 nitrogen and oxygen atoms in total. The highest BCUT2D eigenvalue weighted by Gasteiger charge is 2.62. The number of rotatable bonds is 5. The minimum atomic E-state index is -1.11. The van der Waals surface area contributed by atoms with E-state index >= 15 is 0 Å². The molecule has 1 amide bonds. The minimum Gasteiger partial charge on any atom is -0.348 e. The number of fused-ring (bicyclic) bond motifs is 2. The van der Waals surface area contributed by atoms with Crippen molar-refractivity contribution in [3.05, 3.63) is 108 Å². The fourth-order valence-corrected chi connectivity index (χ4v) is 4.71. The molecule has 2 aliphatic rings. The maximum absolute atomic E-state index is 13.9. The molecule has 5 heteroatoms. The van der Waals surface area contributed by atoms with Crippen LogP contribution in [0.4, 0.5) is 0 Å². The van der Waals surface area contributed by atoms with Crippen molar-refractivity contribution in [2.45, 2.75) is 37.4 Å². The van der Waals surface area contributed by atoms with Gasteiger partial charge < -0.3 is 9.64 Å². The molecular weight excluding hydrogens is 388 g/mol. The number of benzene rings is 3. The fourth-order valence-electron chi connectivity index (χ4n) is 4.71. The van der Waals surface area contributed by atoms with Gasteiger partial charge in [0.2, 0.25) is 5.91 Å². The third-order valence-corrected chi connectivity index (χ3v) is 6.16. The number of ketones is 1. The summed E-state index contributed by atoms with van der Waals surface area (Å²) in [5.41, 5.74) is 1.25. The van der Waals surface area contributed by atoms with Crippen molar-refractivity contribution in [2.75, 3.05) is 0 Å². The summed E-state index contributed by atoms with van der Waals surface area (Å²) < 4.78 is 6.46. The number of ether oxygens (including phenoxy) is 1. The lowest BCUT2D eigenvalue weighted by atomic mass is 9.85. The highest BCUT2D eigenvalue weighted by atomic mass is 16.5. The summed E-state index contributed by atoms with van der Waals surface area (Å²) in [4.78, 5) is 29.2. The van der Waals surface area contributed by atoms with Gasteiger partial charge in [0, 0.05) is 17.7 Å². The Hall–Kier alpha value is -3.28. The molecule has 3 aromatic rings. The van der Waals surface area contributed by atoms with Crippen LogP contribution in [0.15, 0.2) is 91.0 Å². The van der Waals surface area contributed by atoms with Crippen LogP contribution in [0.3, 0.4) is 0 Å². The molecule has 0 spiro atoms. The van der Waals surface area contributed by atoms with Crippen LogP contribution >= 0.6 is 0 Å². The van der Waals surface area contributed by atoms with Gasteiger partial charge in [-0.3, -0.25) is 14.9 Å². The quantitative estimate of drug-likeness (QED) is 0.652. The van der Waals surface area contributed by atoms with Crippen LogP contribution in [0.25, 0.3) is 0 Å². The lowest BCUT2D eigenvalue weighted by molar-refractivity contribution is -0.146. The molecule has 0 aromatic heterocycles. The van der Waals surface area contributed by atoms with Crippen molar-refractivity contribution in [1.29, 1.82) is 0 Å². The molecular formula is C26H24N2O3. The smallest absolute Gasteiger partial charge is 0.243 e. The Bertz CT molecular complexity index is 1090. The summed E-state index contributed by atoms with van der Waals surface area (Å²) in [6, 6.07) is 27.2. The highest BCUT2D eigenvalue weighted by Crippen LogP contribution is 2.43. The zero-order chi connectivity index (χ0) is 21.4. The Balaban J connectivity index is 1.67. The van der Waals surface area contributed by atoms with E-state index in [1.807, 2.05) is 85.8 Å². The highest BCUT2D eigenvalue weighted by molar-refractivity contribution is 6.04. The van der Waals surface area contributed by atoms with Crippen molar-refractivity contribution in [3.8, 4) is 0 Å². The zero-order valence-corrected chi connectivity index (χ0v) is 17.3. The molecule has 2 heterocycles. The van der Waals surface area contributed by atoms with E-state index in [4.69, 9.17) is 4.74 Å². The van der Waals surface area contributed by atoms with Gasteiger partial charge in [-0.1, -0.05) is 91.0 Å². The zero-order valence-electron chi connectivity index (χ0n) is 17.3. The van der Waals surface area contributed by atoms with E-state index in [9.17, 15) is 9.59 Å². The van der Waals surface area contributed by atoms with Gasteiger partial charge in [-0.2, -0.15) is 0 Å². The molecule has 31 heavy (non-hydrogen) atoms. The number of carbonyl (C=O) groups is 2. The van der Waals surface area contributed by atoms with Crippen molar-refractivity contribution < 1.29 is 14.3 Å². The van der Waals surface area contributed by atoms with E-state index in [2.05, 4.69) is 5.32 Å². The second-order valence-corrected chi connectivity index (χ2v) is 8.13. The third kappa shape index (κ3) is 3.26. The van der Waals surface area contributed by atoms with Crippen LogP contribution in [0.5, 0.6) is 0 Å². The van der Waals surface area contributed by atoms with Gasteiger partial charge in [-0.05, 0) is 12.5 Å². The number of Topliss-reactive ketones (excluding diaryl/α,β-unsaturated/α-hetero) is 1. The van der Waals surface area contributed by atoms with Crippen molar-refractivity contribution in [2.24, 2.45) is 0 Å². The van der Waals surface area contributed by atoms with Crippen molar-refractivity contribution in [1.82, 2.24) is 10.2 Å². The third-order valence-electron chi connectivity index (χ3n) is 6.16. The second kappa shape index (κ2) is 7.76. The Morgan fingerprint density at radius 3 is 2.16 bits per heavy atom. The van der Waals surface area contributed by atoms with Crippen molar-refractivity contribution >= 4 is 11.7 Å². The molecule has 4 unspecified atom stereocenters. The summed E-state index contributed by atoms with van der Waals surface area (Å²) >= 11 is 0. The topological polar surface area (TPSA) is 58.6 Å². The van der Waals surface area contributed by atoms with Gasteiger partial charge in [-0.15, -0.1) is 0 Å². The number of amides is 1. The molecule has 1 N–H and O–H groups in total. The van der Waals surface area contributed by atoms with Gasteiger partial charge in [-0.25, -0.2) is 0 Å². The molecule has 0 radical (unpaired) electrons. The lowest BCUT2D eigenvalue weighted by Crippen LogP contribution is -2.69. The molecule has 3 aromatic carbocycles. The molecule has 156 valence electrons. The average molecular weight is 412 g/mol. The molecule has 2 saturated heterocycles. The van der Waals surface area contributed by atoms with Crippen LogP contribution in [-0.4, -0.2) is 34.8 Å². The summed E-state index contributed by atoms with van der Waals surface area (Å²) in [7, 11) is 0. The Morgan fingerprint density at radius 1 is 0.935 bits per heavy atom. The number of carbonyl (C=O) groups excluding carboxylic acids is 2. The number of hydrogen-bond donors (Lipinski definition) is 1. The van der Waals surface area contributed by atoms with E-state index in [1.165, 1.54) is 0 Å². The van der Waals surface area contributed by atoms with E-state index < -0.39 is 17.8 Å². The van der Waals surface area contributed by atoms with Gasteiger partial charge in [0.15, 0.2) is 11.5 Å². The predicted octanol–water partition coefficient (Wildman–Crippen LogP) is 3.51. The first kappa shape index (κ1) is 19.7. The molecule has 2 fully saturated rings. The monoisotopic (exact) mass is 412 g/mol. The Kier molecular flexibility index (Phi) is 4.93. The Morgan fingerprint density at radius 2 is 1.52 bits per heavy atom. The predicted molar refractivity (Wildman–Crippen MR) is 117 cm³/mol. The summed E-state index contributed by atoms with van der Waals surface area (Å²) in [5, 5.41) is 3.40. The first-order valence-corrected chi connectivity index (χ1v) is 10.5. The van der Waals surface area contributed by atoms with Crippen LogP contribution in [0.2, 0.25) is 0 Å². The maximum atomic E-state index is 13.9. The van der Waals surface area contributed by atoms with E-state index in [0.29, 0.717) is 12.1 Å². The van der Waals surface area contributed by atoms with Gasteiger partial charge in [0.05, 0.1) is 6.10 Å². The number of hydrogen-bond acceptors (Lipinski definition) is 4. The largest absolute Gasteiger partial charge is 0.348 e. The Labute approximate surface area is 181 Å². The van der Waals surface area contributed by atoms with Gasteiger partial charge in [0.1, 0.15) is 12.1 Å². The van der Waals surface area contributed by atoms with Crippen LogP contribution in [0.1, 0.15) is 28.4 Å². The fraction of sp³-hybridized carbons (Fsp3) is 0.231. The lowest BCUT2D eigenvalue weighted by Gasteiger charge is -2.46. The number of nitrogens with zero attached hydrogens (tertiary/aromatic N) is 1. The minimum absolute atomic E-state index is 0.116. The first-order chi connectivity index (χ1) is 15.1. The molecule has 2 aliphatic heterocycles. The number of nitrogens with one attached hydrogen (secondary N) is 1. The van der Waals surface area contributed by atoms with E-state index in [-0.39, 0.29) is 17.8 Å². The number of piperazine rings is 1. The summed E-state index contributed by atoms with van der Waals surface area (Å²) in [6.45, 7) is 2.22. The molecule has 0 saturated carbocycles. The second-order valence-electron chi connectivity index (χ2n) is 8.13. The van der Waals surface area contributed by atoms with Gasteiger partial charge in [0.25, 0.3) is 0 Å². The standard InChI is InChI=1S/C26H24N2O3/c1-18-22-25(30)28(17-19-11-5-2-6-12-19)24(23(29)20-13-7-3-8-14-20)26(27-22,31-18)21-15-9-4-10-16-21/h2-16,18,22,24,27H,17H2,1H3. The normalized spacial score (nSPS) is 27.3. The van der Waals surface area contributed by atoms with E-state index in [1.54, 1.807) is 17.0 Å². The van der Waals surface area contributed by atoms with Crippen molar-refractivity contribution in [3.63, 3.8) is 0 Å². The van der Waals surface area contributed by atoms with Crippen LogP contribution in [0, 0.1) is 0 Å². The average Bonchev–Trinajstić information content (AvgIpc) is 3.14. The summed E-state index contributed by atoms with van der Waals surface area (Å²) in [6.07, 6.45) is -0.362. The molecule has 5 rings (SSSR count). The van der Waals surface area contributed by atoms with Gasteiger partial charge >= 0.3 is 0 Å². The summed E-state index contributed by atoms with van der Waals surface area (Å²) in [5.74, 6) is -0.261. The maximum Gasteiger partial charge on any atom is 0.243 e. The first-order valence-electron chi connectivity index (χ1n) is 10.5. The van der Waals surface area contributed by atoms with E-state index in [0.717, 1.165) is 11.1 Å².